The molecule has 0 bridgehead atoms. The number of morpholine rings is 1. The van der Waals surface area contributed by atoms with Gasteiger partial charge in [0.15, 0.2) is 5.82 Å². The van der Waals surface area contributed by atoms with E-state index in [9.17, 15) is 4.79 Å². The second kappa shape index (κ2) is 12.9. The molecule has 11 nitrogen and oxygen atoms in total. The summed E-state index contributed by atoms with van der Waals surface area (Å²) in [6, 6.07) is 13.5. The molecule has 0 radical (unpaired) electrons. The zero-order valence-electron chi connectivity index (χ0n) is 25.8. The minimum atomic E-state index is -0.198. The number of carbonyl (C=O) groups is 1. The smallest absolute Gasteiger partial charge is 0.255 e. The molecule has 4 heterocycles. The SMILES string of the molecule is Cc1ccc(C(=O)Nc2ccnc(C(C)(C)C)c2)cc1Nc1cc(CN2CCOCC2)nn1-c1cc(NC(C)C)ncn1. The summed E-state index contributed by atoms with van der Waals surface area (Å²) in [4.78, 5) is 29.0. The molecular weight excluding hydrogens is 542 g/mol. The maximum atomic E-state index is 13.3. The van der Waals surface area contributed by atoms with Crippen LogP contribution in [0.2, 0.25) is 0 Å². The fourth-order valence-corrected chi connectivity index (χ4v) is 4.75. The summed E-state index contributed by atoms with van der Waals surface area (Å²) in [6.45, 7) is 16.3. The normalized spacial score (nSPS) is 14.1. The molecule has 0 atom stereocenters. The van der Waals surface area contributed by atoms with Crippen molar-refractivity contribution in [2.45, 2.75) is 59.5 Å². The van der Waals surface area contributed by atoms with Crippen molar-refractivity contribution in [3.05, 3.63) is 77.5 Å². The Hall–Kier alpha value is -4.35. The van der Waals surface area contributed by atoms with Crippen molar-refractivity contribution in [3.63, 3.8) is 0 Å². The summed E-state index contributed by atoms with van der Waals surface area (Å²) >= 11 is 0. The maximum Gasteiger partial charge on any atom is 0.255 e. The number of pyridine rings is 1. The predicted octanol–water partition coefficient (Wildman–Crippen LogP) is 5.31. The van der Waals surface area contributed by atoms with Crippen molar-refractivity contribution >= 4 is 28.9 Å². The minimum absolute atomic E-state index is 0.124. The van der Waals surface area contributed by atoms with Crippen LogP contribution in [0.4, 0.5) is 23.0 Å². The molecular formula is C32H41N9O2. The van der Waals surface area contributed by atoms with Gasteiger partial charge in [0.2, 0.25) is 0 Å². The molecule has 1 aliphatic heterocycles. The van der Waals surface area contributed by atoms with Crippen molar-refractivity contribution in [2.24, 2.45) is 0 Å². The summed E-state index contributed by atoms with van der Waals surface area (Å²) in [6.07, 6.45) is 3.26. The van der Waals surface area contributed by atoms with Crippen LogP contribution in [0, 0.1) is 6.92 Å². The van der Waals surface area contributed by atoms with Crippen LogP contribution in [0.25, 0.3) is 5.82 Å². The van der Waals surface area contributed by atoms with E-state index in [-0.39, 0.29) is 17.4 Å². The number of anilines is 4. The Morgan fingerprint density at radius 2 is 1.81 bits per heavy atom. The van der Waals surface area contributed by atoms with Gasteiger partial charge in [-0.15, -0.1) is 0 Å². The Bertz CT molecular complexity index is 1570. The third-order valence-electron chi connectivity index (χ3n) is 7.10. The number of ether oxygens (including phenoxy) is 1. The van der Waals surface area contributed by atoms with E-state index in [1.165, 1.54) is 6.33 Å². The van der Waals surface area contributed by atoms with Gasteiger partial charge in [-0.3, -0.25) is 14.7 Å². The molecule has 0 unspecified atom stereocenters. The van der Waals surface area contributed by atoms with Gasteiger partial charge in [0.05, 0.1) is 18.9 Å². The van der Waals surface area contributed by atoms with Crippen molar-refractivity contribution in [2.75, 3.05) is 42.3 Å². The summed E-state index contributed by atoms with van der Waals surface area (Å²) < 4.78 is 7.31. The molecule has 3 N–H and O–H groups in total. The number of carbonyl (C=O) groups excluding carboxylic acids is 1. The number of benzene rings is 1. The van der Waals surface area contributed by atoms with E-state index in [1.807, 2.05) is 43.3 Å². The first kappa shape index (κ1) is 30.1. The highest BCUT2D eigenvalue weighted by molar-refractivity contribution is 6.05. The largest absolute Gasteiger partial charge is 0.379 e. The van der Waals surface area contributed by atoms with Gasteiger partial charge in [0.25, 0.3) is 5.91 Å². The molecule has 0 aliphatic carbocycles. The lowest BCUT2D eigenvalue weighted by Gasteiger charge is -2.25. The number of aromatic nitrogens is 5. The fraction of sp³-hybridized carbons (Fsp3) is 0.406. The van der Waals surface area contributed by atoms with Crippen LogP contribution < -0.4 is 16.0 Å². The third kappa shape index (κ3) is 7.74. The molecule has 4 aromatic rings. The first-order valence-corrected chi connectivity index (χ1v) is 14.7. The minimum Gasteiger partial charge on any atom is -0.379 e. The first-order chi connectivity index (χ1) is 20.5. The van der Waals surface area contributed by atoms with Gasteiger partial charge in [0, 0.05) is 72.1 Å². The van der Waals surface area contributed by atoms with Crippen LogP contribution in [0.3, 0.4) is 0 Å². The van der Waals surface area contributed by atoms with Crippen molar-refractivity contribution in [1.29, 1.82) is 0 Å². The van der Waals surface area contributed by atoms with Gasteiger partial charge in [0.1, 0.15) is 18.0 Å². The average Bonchev–Trinajstić information content (AvgIpc) is 3.36. The zero-order chi connectivity index (χ0) is 30.6. The van der Waals surface area contributed by atoms with E-state index < -0.39 is 0 Å². The molecule has 1 fully saturated rings. The summed E-state index contributed by atoms with van der Waals surface area (Å²) in [5.74, 6) is 1.89. The van der Waals surface area contributed by atoms with Gasteiger partial charge in [-0.25, -0.2) is 9.97 Å². The number of aryl methyl sites for hydroxylation is 1. The topological polar surface area (TPSA) is 122 Å². The van der Waals surface area contributed by atoms with Crippen molar-refractivity contribution < 1.29 is 9.53 Å². The van der Waals surface area contributed by atoms with Crippen molar-refractivity contribution in [1.82, 2.24) is 29.6 Å². The van der Waals surface area contributed by atoms with Crippen LogP contribution in [0.15, 0.2) is 55.0 Å². The highest BCUT2D eigenvalue weighted by Crippen LogP contribution is 2.27. The number of rotatable bonds is 9. The van der Waals surface area contributed by atoms with Gasteiger partial charge in [-0.05, 0) is 50.6 Å². The van der Waals surface area contributed by atoms with Gasteiger partial charge >= 0.3 is 0 Å². The molecule has 3 aromatic heterocycles. The fourth-order valence-electron chi connectivity index (χ4n) is 4.75. The second-order valence-electron chi connectivity index (χ2n) is 12.2. The lowest BCUT2D eigenvalue weighted by Crippen LogP contribution is -2.35. The van der Waals surface area contributed by atoms with E-state index in [1.54, 1.807) is 16.9 Å². The van der Waals surface area contributed by atoms with E-state index in [0.29, 0.717) is 36.8 Å². The van der Waals surface area contributed by atoms with E-state index in [2.05, 4.69) is 70.4 Å². The number of hydrogen-bond donors (Lipinski definition) is 3. The van der Waals surface area contributed by atoms with Crippen molar-refractivity contribution in [3.8, 4) is 5.82 Å². The monoisotopic (exact) mass is 583 g/mol. The van der Waals surface area contributed by atoms with Crippen LogP contribution in [0.5, 0.6) is 0 Å². The molecule has 1 saturated heterocycles. The van der Waals surface area contributed by atoms with Crippen LogP contribution in [0.1, 0.15) is 61.9 Å². The van der Waals surface area contributed by atoms with E-state index in [0.717, 1.165) is 47.4 Å². The molecule has 0 spiro atoms. The van der Waals surface area contributed by atoms with Gasteiger partial charge in [-0.1, -0.05) is 26.8 Å². The molecule has 1 aliphatic rings. The van der Waals surface area contributed by atoms with Gasteiger partial charge in [-0.2, -0.15) is 9.78 Å². The first-order valence-electron chi connectivity index (χ1n) is 14.7. The number of nitrogens with zero attached hydrogens (tertiary/aromatic N) is 6. The Kier molecular flexibility index (Phi) is 9.02. The van der Waals surface area contributed by atoms with E-state index >= 15 is 0 Å². The Balaban J connectivity index is 1.43. The lowest BCUT2D eigenvalue weighted by molar-refractivity contribution is 0.0336. The highest BCUT2D eigenvalue weighted by Gasteiger charge is 2.19. The highest BCUT2D eigenvalue weighted by atomic mass is 16.5. The maximum absolute atomic E-state index is 13.3. The van der Waals surface area contributed by atoms with Gasteiger partial charge < -0.3 is 20.7 Å². The third-order valence-corrected chi connectivity index (χ3v) is 7.10. The molecule has 1 aromatic carbocycles. The summed E-state index contributed by atoms with van der Waals surface area (Å²) in [5, 5.41) is 14.8. The van der Waals surface area contributed by atoms with E-state index in [4.69, 9.17) is 9.84 Å². The number of hydrogen-bond acceptors (Lipinski definition) is 9. The predicted molar refractivity (Wildman–Crippen MR) is 169 cm³/mol. The molecule has 226 valence electrons. The lowest BCUT2D eigenvalue weighted by atomic mass is 9.91. The van der Waals surface area contributed by atoms with Crippen LogP contribution >= 0.6 is 0 Å². The Labute approximate surface area is 253 Å². The van der Waals surface area contributed by atoms with Crippen LogP contribution in [-0.4, -0.2) is 67.9 Å². The number of nitrogens with one attached hydrogen (secondary N) is 3. The molecule has 11 heteroatoms. The molecule has 5 rings (SSSR count). The molecule has 1 amide bonds. The molecule has 0 saturated carbocycles. The zero-order valence-corrected chi connectivity index (χ0v) is 25.8. The quantitative estimate of drug-likeness (QED) is 0.241. The Morgan fingerprint density at radius 1 is 1.02 bits per heavy atom. The average molecular weight is 584 g/mol. The standard InChI is InChI=1S/C32H41N9O2/c1-21(2)36-28-18-29(35-20-34-28)41-30(17-25(39-41)19-40-11-13-43-14-12-40)38-26-15-23(8-7-22(26)3)31(42)37-24-9-10-33-27(16-24)32(4,5)6/h7-10,15-18,20-21,38H,11-14,19H2,1-6H3,(H,33,37,42)(H,34,35,36). The second-order valence-corrected chi connectivity index (χ2v) is 12.2. The summed E-state index contributed by atoms with van der Waals surface area (Å²) in [5.41, 5.74) is 4.72. The summed E-state index contributed by atoms with van der Waals surface area (Å²) in [7, 11) is 0. The van der Waals surface area contributed by atoms with Crippen LogP contribution in [-0.2, 0) is 16.7 Å². The molecule has 43 heavy (non-hydrogen) atoms. The Morgan fingerprint density at radius 3 is 2.56 bits per heavy atom. The number of amides is 1.